The predicted octanol–water partition coefficient (Wildman–Crippen LogP) is 3.50. The first-order chi connectivity index (χ1) is 18.3. The minimum atomic E-state index is -1.60. The number of hydrogen-bond donors (Lipinski definition) is 2. The molecule has 10 nitrogen and oxygen atoms in total. The summed E-state index contributed by atoms with van der Waals surface area (Å²) in [6.45, 7) is -0.555. The van der Waals surface area contributed by atoms with Gasteiger partial charge in [0.2, 0.25) is 0 Å². The molecule has 0 bridgehead atoms. The molecule has 0 radical (unpaired) electrons. The molecule has 0 aliphatic carbocycles. The molecule has 4 heterocycles. The van der Waals surface area contributed by atoms with E-state index in [9.17, 15) is 23.4 Å². The maximum Gasteiger partial charge on any atom is 0.194 e. The fourth-order valence-electron chi connectivity index (χ4n) is 3.98. The Kier molecular flexibility index (Phi) is 8.11. The standard InChI is InChI=1S/C23H19BrF3N5O5S/c24-12-3-14(6-28-4-12)38-23-22(35-9-13-5-29-10-36-13)20(21(34)18(8-33)37-23)32-7-17(30-31-32)11-1-15(25)19(27)16(26)2-11/h1-7,10,18,20-23,33-34H,8-9H2. The average Bonchev–Trinajstić information content (AvgIpc) is 3.59. The lowest BCUT2D eigenvalue weighted by Gasteiger charge is -2.43. The fraction of sp³-hybridized carbons (Fsp3) is 0.304. The van der Waals surface area contributed by atoms with Crippen molar-refractivity contribution in [3.63, 3.8) is 0 Å². The third-order valence-corrected chi connectivity index (χ3v) is 7.29. The summed E-state index contributed by atoms with van der Waals surface area (Å²) in [7, 11) is 0. The van der Waals surface area contributed by atoms with Gasteiger partial charge in [-0.2, -0.15) is 0 Å². The first-order valence-corrected chi connectivity index (χ1v) is 12.8. The van der Waals surface area contributed by atoms with E-state index in [4.69, 9.17) is 13.9 Å². The molecule has 1 aliphatic rings. The van der Waals surface area contributed by atoms with Gasteiger partial charge in [-0.3, -0.25) is 4.98 Å². The molecule has 15 heteroatoms. The van der Waals surface area contributed by atoms with E-state index in [-0.39, 0.29) is 17.9 Å². The average molecular weight is 614 g/mol. The van der Waals surface area contributed by atoms with Crippen LogP contribution in [0.5, 0.6) is 0 Å². The topological polar surface area (TPSA) is 129 Å². The summed E-state index contributed by atoms with van der Waals surface area (Å²) in [5.74, 6) is -3.96. The lowest BCUT2D eigenvalue weighted by Crippen LogP contribution is -2.55. The molecule has 5 unspecified atom stereocenters. The number of aliphatic hydroxyl groups excluding tert-OH is 2. The molecule has 3 aromatic heterocycles. The molecule has 0 saturated carbocycles. The van der Waals surface area contributed by atoms with E-state index in [0.29, 0.717) is 10.7 Å². The Balaban J connectivity index is 1.51. The quantitative estimate of drug-likeness (QED) is 0.285. The number of ether oxygens (including phenoxy) is 2. The van der Waals surface area contributed by atoms with Gasteiger partial charge in [-0.25, -0.2) is 22.8 Å². The van der Waals surface area contributed by atoms with Crippen molar-refractivity contribution < 1.29 is 37.3 Å². The van der Waals surface area contributed by atoms with Crippen LogP contribution in [0.15, 0.2) is 63.2 Å². The van der Waals surface area contributed by atoms with E-state index in [2.05, 4.69) is 36.2 Å². The van der Waals surface area contributed by atoms with Crippen molar-refractivity contribution in [1.29, 1.82) is 0 Å². The highest BCUT2D eigenvalue weighted by atomic mass is 79.9. The van der Waals surface area contributed by atoms with E-state index in [1.54, 1.807) is 12.4 Å². The van der Waals surface area contributed by atoms with Gasteiger partial charge in [-0.1, -0.05) is 17.0 Å². The van der Waals surface area contributed by atoms with Crippen LogP contribution < -0.4 is 0 Å². The van der Waals surface area contributed by atoms with Gasteiger partial charge >= 0.3 is 0 Å². The zero-order valence-electron chi connectivity index (χ0n) is 19.2. The number of rotatable bonds is 8. The third-order valence-electron chi connectivity index (χ3n) is 5.75. The molecule has 1 fully saturated rings. The summed E-state index contributed by atoms with van der Waals surface area (Å²) in [6.07, 6.45) is 4.03. The van der Waals surface area contributed by atoms with Gasteiger partial charge < -0.3 is 24.1 Å². The molecule has 200 valence electrons. The Morgan fingerprint density at radius 3 is 2.58 bits per heavy atom. The molecule has 38 heavy (non-hydrogen) atoms. The van der Waals surface area contributed by atoms with Gasteiger partial charge in [-0.15, -0.1) is 5.10 Å². The number of thioether (sulfide) groups is 1. The zero-order valence-corrected chi connectivity index (χ0v) is 21.6. The van der Waals surface area contributed by atoms with Crippen LogP contribution in [0.2, 0.25) is 0 Å². The minimum Gasteiger partial charge on any atom is -0.446 e. The van der Waals surface area contributed by atoms with Gasteiger partial charge in [0.1, 0.15) is 47.9 Å². The van der Waals surface area contributed by atoms with Crippen molar-refractivity contribution in [2.24, 2.45) is 0 Å². The second-order valence-electron chi connectivity index (χ2n) is 8.24. The summed E-state index contributed by atoms with van der Waals surface area (Å²) in [4.78, 5) is 8.72. The molecule has 0 spiro atoms. The van der Waals surface area contributed by atoms with E-state index < -0.39 is 53.8 Å². The summed E-state index contributed by atoms with van der Waals surface area (Å²) in [5.41, 5.74) is -0.817. The molecule has 1 aliphatic heterocycles. The van der Waals surface area contributed by atoms with Crippen LogP contribution in [-0.4, -0.2) is 65.5 Å². The second kappa shape index (κ2) is 11.5. The normalized spacial score (nSPS) is 23.6. The Bertz CT molecular complexity index is 1370. The van der Waals surface area contributed by atoms with Crippen molar-refractivity contribution in [2.45, 2.75) is 41.3 Å². The van der Waals surface area contributed by atoms with Crippen LogP contribution in [0.3, 0.4) is 0 Å². The monoisotopic (exact) mass is 613 g/mol. The first-order valence-electron chi connectivity index (χ1n) is 11.1. The smallest absolute Gasteiger partial charge is 0.194 e. The molecule has 1 saturated heterocycles. The second-order valence-corrected chi connectivity index (χ2v) is 10.3. The van der Waals surface area contributed by atoms with E-state index in [1.165, 1.54) is 35.2 Å². The lowest BCUT2D eigenvalue weighted by atomic mass is 9.97. The van der Waals surface area contributed by atoms with Crippen LogP contribution in [0.25, 0.3) is 11.3 Å². The molecule has 0 amide bonds. The summed E-state index contributed by atoms with van der Waals surface area (Å²) in [6, 6.07) is 2.42. The number of hydrogen-bond acceptors (Lipinski definition) is 10. The van der Waals surface area contributed by atoms with Crippen LogP contribution in [0.4, 0.5) is 13.2 Å². The van der Waals surface area contributed by atoms with Gasteiger partial charge in [0, 0.05) is 27.3 Å². The number of benzene rings is 1. The molecule has 1 aromatic carbocycles. The molecular weight excluding hydrogens is 595 g/mol. The number of halogens is 4. The summed E-state index contributed by atoms with van der Waals surface area (Å²) >= 11 is 4.62. The molecular formula is C23H19BrF3N5O5S. The van der Waals surface area contributed by atoms with E-state index in [0.717, 1.165) is 16.6 Å². The van der Waals surface area contributed by atoms with Crippen LogP contribution >= 0.6 is 27.7 Å². The Hall–Kier alpha value is -2.82. The SMILES string of the molecule is OCC1OC(Sc2cncc(Br)c2)C(OCc2cnco2)C(n2cc(-c3cc(F)c(F)c(F)c3)nn2)C1O. The molecule has 4 aromatic rings. The van der Waals surface area contributed by atoms with Gasteiger partial charge in [0.15, 0.2) is 23.8 Å². The zero-order chi connectivity index (χ0) is 26.8. The maximum atomic E-state index is 13.8. The highest BCUT2D eigenvalue weighted by Gasteiger charge is 2.48. The number of aliphatic hydroxyl groups is 2. The first kappa shape index (κ1) is 26.8. The maximum absolute atomic E-state index is 13.8. The van der Waals surface area contributed by atoms with Crippen molar-refractivity contribution in [3.05, 3.63) is 77.1 Å². The predicted molar refractivity (Wildman–Crippen MR) is 129 cm³/mol. The highest BCUT2D eigenvalue weighted by molar-refractivity contribution is 9.10. The highest BCUT2D eigenvalue weighted by Crippen LogP contribution is 2.40. The van der Waals surface area contributed by atoms with E-state index in [1.807, 2.05) is 6.07 Å². The van der Waals surface area contributed by atoms with Crippen molar-refractivity contribution in [2.75, 3.05) is 6.61 Å². The van der Waals surface area contributed by atoms with Crippen molar-refractivity contribution in [3.8, 4) is 11.3 Å². The Morgan fingerprint density at radius 1 is 1.11 bits per heavy atom. The number of pyridine rings is 1. The third kappa shape index (κ3) is 5.62. The summed E-state index contributed by atoms with van der Waals surface area (Å²) < 4.78 is 60.5. The van der Waals surface area contributed by atoms with Gasteiger partial charge in [0.25, 0.3) is 0 Å². The molecule has 5 rings (SSSR count). The Morgan fingerprint density at radius 2 is 1.89 bits per heavy atom. The summed E-state index contributed by atoms with van der Waals surface area (Å²) in [5, 5.41) is 29.1. The van der Waals surface area contributed by atoms with Gasteiger partial charge in [-0.05, 0) is 34.1 Å². The molecule has 5 atom stereocenters. The molecule has 2 N–H and O–H groups in total. The van der Waals surface area contributed by atoms with Crippen LogP contribution in [-0.2, 0) is 16.1 Å². The Labute approximate surface area is 225 Å². The number of nitrogens with zero attached hydrogens (tertiary/aromatic N) is 5. The number of aromatic nitrogens is 5. The van der Waals surface area contributed by atoms with Crippen molar-refractivity contribution in [1.82, 2.24) is 25.0 Å². The number of oxazole rings is 1. The minimum absolute atomic E-state index is 0.0245. The van der Waals surface area contributed by atoms with E-state index >= 15 is 0 Å². The fourth-order valence-corrected chi connectivity index (χ4v) is 5.65. The van der Waals surface area contributed by atoms with Gasteiger partial charge in [0.05, 0.1) is 19.0 Å². The largest absolute Gasteiger partial charge is 0.446 e. The lowest BCUT2D eigenvalue weighted by molar-refractivity contribution is -0.197. The van der Waals surface area contributed by atoms with Crippen molar-refractivity contribution >= 4 is 27.7 Å². The van der Waals surface area contributed by atoms with Crippen LogP contribution in [0, 0.1) is 17.5 Å². The van der Waals surface area contributed by atoms with Crippen LogP contribution in [0.1, 0.15) is 11.8 Å².